The van der Waals surface area contributed by atoms with Gasteiger partial charge in [0.25, 0.3) is 11.8 Å². The number of nitrogens with zero attached hydrogens (tertiary/aromatic N) is 2. The van der Waals surface area contributed by atoms with Crippen LogP contribution in [0.2, 0.25) is 20.1 Å². The van der Waals surface area contributed by atoms with Crippen LogP contribution in [0.4, 0.5) is 11.4 Å². The van der Waals surface area contributed by atoms with Gasteiger partial charge in [-0.15, -0.1) is 0 Å². The van der Waals surface area contributed by atoms with Crippen LogP contribution in [0.5, 0.6) is 11.5 Å². The fourth-order valence-corrected chi connectivity index (χ4v) is 7.03. The molecule has 296 valence electrons. The van der Waals surface area contributed by atoms with Gasteiger partial charge in [-0.3, -0.25) is 19.4 Å². The Bertz CT molecular complexity index is 1750. The van der Waals surface area contributed by atoms with Gasteiger partial charge in [0, 0.05) is 49.3 Å². The average Bonchev–Trinajstić information content (AvgIpc) is 3.16. The van der Waals surface area contributed by atoms with E-state index < -0.39 is 0 Å². The van der Waals surface area contributed by atoms with Crippen LogP contribution in [0.1, 0.15) is 58.5 Å². The summed E-state index contributed by atoms with van der Waals surface area (Å²) in [6, 6.07) is 21.1. The molecule has 0 radical (unpaired) electrons. The van der Waals surface area contributed by atoms with Crippen LogP contribution in [0.25, 0.3) is 0 Å². The summed E-state index contributed by atoms with van der Waals surface area (Å²) in [7, 11) is 0. The summed E-state index contributed by atoms with van der Waals surface area (Å²) < 4.78 is 11.8. The molecule has 9 nitrogen and oxygen atoms in total. The number of aryl methyl sites for hydroxylation is 2. The van der Waals surface area contributed by atoms with Crippen molar-refractivity contribution in [1.82, 2.24) is 15.1 Å². The smallest absolute Gasteiger partial charge is 0.259 e. The zero-order chi connectivity index (χ0) is 38.5. The van der Waals surface area contributed by atoms with E-state index >= 15 is 0 Å². The molecule has 2 fully saturated rings. The fourth-order valence-electron chi connectivity index (χ4n) is 6.12. The second kappa shape index (κ2) is 22.3. The van der Waals surface area contributed by atoms with Crippen molar-refractivity contribution in [2.24, 2.45) is 0 Å². The van der Waals surface area contributed by atoms with Gasteiger partial charge in [-0.2, -0.15) is 0 Å². The van der Waals surface area contributed by atoms with Crippen LogP contribution in [0, 0.1) is 13.8 Å². The summed E-state index contributed by atoms with van der Waals surface area (Å²) in [5.74, 6) is 0.434. The molecule has 0 bridgehead atoms. The minimum absolute atomic E-state index is 0. The van der Waals surface area contributed by atoms with Gasteiger partial charge in [-0.25, -0.2) is 0 Å². The molecule has 0 spiro atoms. The molecule has 0 atom stereocenters. The third kappa shape index (κ3) is 13.9. The summed E-state index contributed by atoms with van der Waals surface area (Å²) in [5.41, 5.74) is 3.96. The number of halogens is 4. The Hall–Kier alpha value is -3.54. The van der Waals surface area contributed by atoms with E-state index in [4.69, 9.17) is 55.9 Å². The minimum atomic E-state index is -0.305. The molecule has 2 saturated heterocycles. The van der Waals surface area contributed by atoms with Crippen LogP contribution in [-0.4, -0.2) is 87.2 Å². The summed E-state index contributed by atoms with van der Waals surface area (Å²) in [6.07, 6.45) is 3.79. The summed E-state index contributed by atoms with van der Waals surface area (Å²) in [6.45, 7) is 12.8. The Morgan fingerprint density at radius 1 is 0.618 bits per heavy atom. The number of carbonyl (C=O) groups is 2. The lowest BCUT2D eigenvalue weighted by Gasteiger charge is -2.27. The molecule has 0 aromatic heterocycles. The third-order valence-corrected chi connectivity index (χ3v) is 10.2. The highest BCUT2D eigenvalue weighted by Crippen LogP contribution is 2.29. The van der Waals surface area contributed by atoms with Crippen LogP contribution in [0.15, 0.2) is 72.8 Å². The highest BCUT2D eigenvalue weighted by Gasteiger charge is 2.18. The van der Waals surface area contributed by atoms with Crippen molar-refractivity contribution in [1.29, 1.82) is 0 Å². The van der Waals surface area contributed by atoms with Gasteiger partial charge in [-0.1, -0.05) is 72.4 Å². The molecule has 2 aliphatic heterocycles. The maximum Gasteiger partial charge on any atom is 0.259 e. The van der Waals surface area contributed by atoms with Crippen molar-refractivity contribution in [3.8, 4) is 11.5 Å². The number of hydrogen-bond acceptors (Lipinski definition) is 7. The predicted molar refractivity (Wildman–Crippen MR) is 229 cm³/mol. The SMILES string of the molecule is C.Cc1ccc(NC(=O)c2cc(Cl)ccc2OCCN2CCCCC2)c(Cl)c1.Cc1ccc(NC(=O)c2cc(Cl)ccc2OCCN2CCNCC2)c(Cl)c1. The van der Waals surface area contributed by atoms with Crippen molar-refractivity contribution < 1.29 is 19.1 Å². The van der Waals surface area contributed by atoms with Crippen molar-refractivity contribution >= 4 is 69.6 Å². The summed E-state index contributed by atoms with van der Waals surface area (Å²) in [5, 5.41) is 10.9. The topological polar surface area (TPSA) is 95.2 Å². The summed E-state index contributed by atoms with van der Waals surface area (Å²) in [4.78, 5) is 30.3. The van der Waals surface area contributed by atoms with Gasteiger partial charge in [0.05, 0.1) is 32.5 Å². The monoisotopic (exact) mass is 829 g/mol. The van der Waals surface area contributed by atoms with Crippen molar-refractivity contribution in [2.45, 2.75) is 40.5 Å². The number of piperazine rings is 1. The standard InChI is InChI=1S/C21H24Cl2N2O2.C20H23Cl2N3O2.CH4/c1-15-5-7-19(18(23)13-15)24-21(26)17-14-16(22)6-8-20(17)27-12-11-25-9-3-2-4-10-25;1-14-2-4-18(17(22)12-14)24-20(26)16-13-15(21)3-5-19(16)27-11-10-25-8-6-23-7-9-25;/h5-8,13-14H,2-4,9-12H2,1H3,(H,24,26);2-5,12-13,23H,6-11H2,1H3,(H,24,26);1H4. The van der Waals surface area contributed by atoms with E-state index in [1.165, 1.54) is 19.3 Å². The van der Waals surface area contributed by atoms with E-state index in [-0.39, 0.29) is 19.2 Å². The van der Waals surface area contributed by atoms with E-state index in [0.29, 0.717) is 67.3 Å². The number of hydrogen-bond donors (Lipinski definition) is 3. The van der Waals surface area contributed by atoms with Gasteiger partial charge in [0.1, 0.15) is 24.7 Å². The predicted octanol–water partition coefficient (Wildman–Crippen LogP) is 9.89. The van der Waals surface area contributed by atoms with E-state index in [2.05, 4.69) is 25.8 Å². The van der Waals surface area contributed by atoms with E-state index in [1.54, 1.807) is 54.6 Å². The zero-order valence-electron chi connectivity index (χ0n) is 30.7. The highest BCUT2D eigenvalue weighted by molar-refractivity contribution is 6.35. The second-order valence-corrected chi connectivity index (χ2v) is 15.0. The quantitative estimate of drug-likeness (QED) is 0.131. The summed E-state index contributed by atoms with van der Waals surface area (Å²) >= 11 is 24.6. The van der Waals surface area contributed by atoms with Gasteiger partial charge >= 0.3 is 0 Å². The number of amides is 2. The van der Waals surface area contributed by atoms with Gasteiger partial charge < -0.3 is 25.4 Å². The van der Waals surface area contributed by atoms with Crippen LogP contribution < -0.4 is 25.4 Å². The lowest BCUT2D eigenvalue weighted by atomic mass is 10.1. The molecular formula is C42H51Cl4N5O4. The molecular weight excluding hydrogens is 780 g/mol. The van der Waals surface area contributed by atoms with E-state index in [9.17, 15) is 9.59 Å². The third-order valence-electron chi connectivity index (χ3n) is 9.11. The van der Waals surface area contributed by atoms with E-state index in [1.807, 2.05) is 32.0 Å². The molecule has 2 aliphatic rings. The first-order valence-electron chi connectivity index (χ1n) is 18.2. The van der Waals surface area contributed by atoms with Crippen LogP contribution in [0.3, 0.4) is 0 Å². The Kier molecular flexibility index (Phi) is 17.9. The lowest BCUT2D eigenvalue weighted by Crippen LogP contribution is -2.44. The van der Waals surface area contributed by atoms with Crippen LogP contribution in [-0.2, 0) is 0 Å². The minimum Gasteiger partial charge on any atom is -0.491 e. The molecule has 3 N–H and O–H groups in total. The van der Waals surface area contributed by atoms with E-state index in [0.717, 1.165) is 63.5 Å². The molecule has 13 heteroatoms. The first kappa shape index (κ1) is 44.2. The molecule has 0 unspecified atom stereocenters. The van der Waals surface area contributed by atoms with Gasteiger partial charge in [0.2, 0.25) is 0 Å². The largest absolute Gasteiger partial charge is 0.491 e. The molecule has 2 amide bonds. The fraction of sp³-hybridized carbons (Fsp3) is 0.381. The number of rotatable bonds is 12. The molecule has 6 rings (SSSR count). The molecule has 4 aromatic rings. The molecule has 0 aliphatic carbocycles. The Balaban J connectivity index is 0.000000240. The number of ether oxygens (including phenoxy) is 2. The Morgan fingerprint density at radius 2 is 1.05 bits per heavy atom. The lowest BCUT2D eigenvalue weighted by molar-refractivity contribution is 0.101. The first-order chi connectivity index (χ1) is 26.0. The highest BCUT2D eigenvalue weighted by atomic mass is 35.5. The molecule has 2 heterocycles. The maximum absolute atomic E-state index is 12.8. The van der Waals surface area contributed by atoms with Crippen molar-refractivity contribution in [3.63, 3.8) is 0 Å². The zero-order valence-corrected chi connectivity index (χ0v) is 33.7. The van der Waals surface area contributed by atoms with Crippen molar-refractivity contribution in [2.75, 3.05) is 76.2 Å². The number of likely N-dealkylation sites (tertiary alicyclic amines) is 1. The van der Waals surface area contributed by atoms with Gasteiger partial charge in [0.15, 0.2) is 0 Å². The van der Waals surface area contributed by atoms with Gasteiger partial charge in [-0.05, 0) is 112 Å². The number of piperidine rings is 1. The number of nitrogens with one attached hydrogen (secondary N) is 3. The first-order valence-corrected chi connectivity index (χ1v) is 19.7. The number of benzene rings is 4. The Labute approximate surface area is 345 Å². The molecule has 4 aromatic carbocycles. The number of carbonyl (C=O) groups excluding carboxylic acids is 2. The maximum atomic E-state index is 12.8. The molecule has 0 saturated carbocycles. The normalized spacial score (nSPS) is 14.5. The number of anilines is 2. The Morgan fingerprint density at radius 3 is 1.49 bits per heavy atom. The molecule has 55 heavy (non-hydrogen) atoms. The average molecular weight is 832 g/mol. The van der Waals surface area contributed by atoms with Crippen LogP contribution >= 0.6 is 46.4 Å². The second-order valence-electron chi connectivity index (χ2n) is 13.3. The van der Waals surface area contributed by atoms with Crippen molar-refractivity contribution in [3.05, 3.63) is 115 Å².